The number of imidazole rings is 1. The first-order valence-corrected chi connectivity index (χ1v) is 13.8. The number of halogens is 2. The Hall–Kier alpha value is -2.82. The molecule has 208 valence electrons. The van der Waals surface area contributed by atoms with E-state index in [0.29, 0.717) is 41.8 Å². The highest BCUT2D eigenvalue weighted by molar-refractivity contribution is 6.35. The maximum Gasteiger partial charge on any atom is 0.303 e. The lowest BCUT2D eigenvalue weighted by atomic mass is 10.1. The standard InChI is InChI=1S/C28H32Cl2N4O5/c29-21-3-8-25(26(30)16-21)28(19-33-11-9-31-20-33)38-18-24(39-28)17-37-23-6-4-22(5-7-23)34-14-12-32(13-15-34)10-1-2-27(35)36/h3-9,11,16,20,24H,1-2,10,12-15,17-19H2,(H,35,36). The highest BCUT2D eigenvalue weighted by atomic mass is 35.5. The van der Waals surface area contributed by atoms with Crippen molar-refractivity contribution in [2.24, 2.45) is 0 Å². The lowest BCUT2D eigenvalue weighted by molar-refractivity contribution is -0.189. The highest BCUT2D eigenvalue weighted by Gasteiger charge is 2.45. The third-order valence-corrected chi connectivity index (χ3v) is 7.57. The van der Waals surface area contributed by atoms with Gasteiger partial charge in [0.2, 0.25) is 5.79 Å². The van der Waals surface area contributed by atoms with Crippen LogP contribution in [-0.2, 0) is 26.6 Å². The van der Waals surface area contributed by atoms with Gasteiger partial charge >= 0.3 is 5.97 Å². The molecule has 0 spiro atoms. The van der Waals surface area contributed by atoms with Crippen molar-refractivity contribution in [1.82, 2.24) is 14.5 Å². The Morgan fingerprint density at radius 3 is 2.62 bits per heavy atom. The molecule has 0 radical (unpaired) electrons. The molecule has 1 N–H and O–H groups in total. The molecule has 1 aromatic heterocycles. The summed E-state index contributed by atoms with van der Waals surface area (Å²) in [6.45, 7) is 5.55. The molecular formula is C28H32Cl2N4O5. The van der Waals surface area contributed by atoms with E-state index in [2.05, 4.69) is 26.9 Å². The summed E-state index contributed by atoms with van der Waals surface area (Å²) in [5.41, 5.74) is 1.85. The van der Waals surface area contributed by atoms with Crippen LogP contribution in [0.25, 0.3) is 0 Å². The summed E-state index contributed by atoms with van der Waals surface area (Å²) in [5, 5.41) is 9.84. The Balaban J connectivity index is 1.15. The van der Waals surface area contributed by atoms with Gasteiger partial charge in [-0.2, -0.15) is 0 Å². The molecule has 3 heterocycles. The molecule has 2 atom stereocenters. The molecule has 2 saturated heterocycles. The van der Waals surface area contributed by atoms with Gasteiger partial charge in [-0.1, -0.05) is 29.3 Å². The lowest BCUT2D eigenvalue weighted by Gasteiger charge is -2.36. The zero-order valence-electron chi connectivity index (χ0n) is 21.5. The Bertz CT molecular complexity index is 1240. The summed E-state index contributed by atoms with van der Waals surface area (Å²) >= 11 is 12.7. The van der Waals surface area contributed by atoms with Gasteiger partial charge in [0.15, 0.2) is 0 Å². The summed E-state index contributed by atoms with van der Waals surface area (Å²) in [6, 6.07) is 13.4. The van der Waals surface area contributed by atoms with E-state index in [1.165, 1.54) is 0 Å². The number of benzene rings is 2. The smallest absolute Gasteiger partial charge is 0.303 e. The summed E-state index contributed by atoms with van der Waals surface area (Å²) in [7, 11) is 0. The second kappa shape index (κ2) is 12.6. The summed E-state index contributed by atoms with van der Waals surface area (Å²) in [4.78, 5) is 19.5. The number of hydrogen-bond donors (Lipinski definition) is 1. The van der Waals surface area contributed by atoms with Crippen LogP contribution in [0.2, 0.25) is 10.0 Å². The van der Waals surface area contributed by atoms with Crippen molar-refractivity contribution in [1.29, 1.82) is 0 Å². The number of carboxylic acid groups (broad SMARTS) is 1. The molecule has 0 amide bonds. The molecule has 39 heavy (non-hydrogen) atoms. The summed E-state index contributed by atoms with van der Waals surface area (Å²) in [6.07, 6.45) is 5.88. The molecule has 2 fully saturated rings. The quantitative estimate of drug-likeness (QED) is 0.357. The van der Waals surface area contributed by atoms with Crippen molar-refractivity contribution < 1.29 is 24.1 Å². The normalized spacial score (nSPS) is 21.8. The molecule has 9 nitrogen and oxygen atoms in total. The SMILES string of the molecule is O=C(O)CCCN1CCN(c2ccc(OCC3COC(Cn4ccnc4)(c4ccc(Cl)cc4Cl)O3)cc2)CC1. The van der Waals surface area contributed by atoms with Gasteiger partial charge in [-0.25, -0.2) is 4.98 Å². The Kier molecular flexibility index (Phi) is 8.94. The predicted molar refractivity (Wildman–Crippen MR) is 149 cm³/mol. The van der Waals surface area contributed by atoms with Crippen LogP contribution in [0.3, 0.4) is 0 Å². The molecule has 2 aliphatic rings. The minimum atomic E-state index is -1.09. The topological polar surface area (TPSA) is 89.3 Å². The van der Waals surface area contributed by atoms with E-state index < -0.39 is 11.8 Å². The second-order valence-corrected chi connectivity index (χ2v) is 10.6. The van der Waals surface area contributed by atoms with Crippen molar-refractivity contribution in [3.63, 3.8) is 0 Å². The van der Waals surface area contributed by atoms with Gasteiger partial charge in [-0.3, -0.25) is 9.69 Å². The first-order chi connectivity index (χ1) is 18.9. The van der Waals surface area contributed by atoms with Crippen molar-refractivity contribution in [2.75, 3.05) is 50.8 Å². The fourth-order valence-electron chi connectivity index (χ4n) is 5.00. The average Bonchev–Trinajstić information content (AvgIpc) is 3.59. The monoisotopic (exact) mass is 574 g/mol. The number of rotatable bonds is 11. The number of carboxylic acids is 1. The van der Waals surface area contributed by atoms with Gasteiger partial charge in [-0.05, 0) is 49.4 Å². The van der Waals surface area contributed by atoms with Crippen molar-refractivity contribution >= 4 is 34.9 Å². The third kappa shape index (κ3) is 7.04. The van der Waals surface area contributed by atoms with E-state index in [-0.39, 0.29) is 12.5 Å². The number of aromatic nitrogens is 2. The third-order valence-electron chi connectivity index (χ3n) is 7.03. The zero-order chi connectivity index (χ0) is 27.2. The largest absolute Gasteiger partial charge is 0.491 e. The Morgan fingerprint density at radius 2 is 1.92 bits per heavy atom. The van der Waals surface area contributed by atoms with Crippen LogP contribution in [0.5, 0.6) is 5.75 Å². The van der Waals surface area contributed by atoms with Crippen LogP contribution in [0.4, 0.5) is 5.69 Å². The summed E-state index contributed by atoms with van der Waals surface area (Å²) < 4.78 is 20.7. The zero-order valence-corrected chi connectivity index (χ0v) is 23.1. The first-order valence-electron chi connectivity index (χ1n) is 13.1. The molecule has 0 bridgehead atoms. The molecule has 0 saturated carbocycles. The molecule has 3 aromatic rings. The van der Waals surface area contributed by atoms with Crippen molar-refractivity contribution in [2.45, 2.75) is 31.3 Å². The van der Waals surface area contributed by atoms with Gasteiger partial charge < -0.3 is 28.8 Å². The fraction of sp³-hybridized carbons (Fsp3) is 0.429. The molecular weight excluding hydrogens is 543 g/mol. The Morgan fingerprint density at radius 1 is 1.13 bits per heavy atom. The molecule has 2 aromatic carbocycles. The van der Waals surface area contributed by atoms with E-state index in [4.69, 9.17) is 42.5 Å². The average molecular weight is 575 g/mol. The van der Waals surface area contributed by atoms with E-state index in [1.807, 2.05) is 29.0 Å². The number of anilines is 1. The van der Waals surface area contributed by atoms with Crippen LogP contribution in [0.15, 0.2) is 61.2 Å². The number of nitrogens with zero attached hydrogens (tertiary/aromatic N) is 4. The second-order valence-electron chi connectivity index (χ2n) is 9.79. The van der Waals surface area contributed by atoms with E-state index >= 15 is 0 Å². The number of hydrogen-bond acceptors (Lipinski definition) is 7. The number of aliphatic carboxylic acids is 1. The van der Waals surface area contributed by atoms with E-state index in [1.54, 1.807) is 24.7 Å². The molecule has 11 heteroatoms. The molecule has 0 aliphatic carbocycles. The van der Waals surface area contributed by atoms with Crippen LogP contribution in [-0.4, -0.2) is 77.6 Å². The number of piperazine rings is 1. The first kappa shape index (κ1) is 27.7. The van der Waals surface area contributed by atoms with Crippen molar-refractivity contribution in [3.8, 4) is 5.75 Å². The maximum absolute atomic E-state index is 10.7. The van der Waals surface area contributed by atoms with E-state index in [0.717, 1.165) is 44.2 Å². The van der Waals surface area contributed by atoms with E-state index in [9.17, 15) is 4.79 Å². The van der Waals surface area contributed by atoms with Crippen LogP contribution in [0.1, 0.15) is 18.4 Å². The fourth-order valence-corrected chi connectivity index (χ4v) is 5.55. The van der Waals surface area contributed by atoms with Gasteiger partial charge in [0.05, 0.1) is 24.5 Å². The van der Waals surface area contributed by atoms with Crippen LogP contribution in [0, 0.1) is 0 Å². The molecule has 2 aliphatic heterocycles. The van der Waals surface area contributed by atoms with Gasteiger partial charge in [0.1, 0.15) is 18.5 Å². The summed E-state index contributed by atoms with van der Waals surface area (Å²) in [5.74, 6) is -1.07. The molecule has 2 unspecified atom stereocenters. The predicted octanol–water partition coefficient (Wildman–Crippen LogP) is 4.52. The van der Waals surface area contributed by atoms with Crippen molar-refractivity contribution in [3.05, 3.63) is 76.8 Å². The number of carbonyl (C=O) groups is 1. The highest BCUT2D eigenvalue weighted by Crippen LogP contribution is 2.40. The van der Waals surface area contributed by atoms with Gasteiger partial charge in [0, 0.05) is 61.3 Å². The van der Waals surface area contributed by atoms with Crippen LogP contribution < -0.4 is 9.64 Å². The minimum Gasteiger partial charge on any atom is -0.491 e. The lowest BCUT2D eigenvalue weighted by Crippen LogP contribution is -2.46. The maximum atomic E-state index is 10.7. The molecule has 5 rings (SSSR count). The van der Waals surface area contributed by atoms with Gasteiger partial charge in [0.25, 0.3) is 0 Å². The van der Waals surface area contributed by atoms with Crippen LogP contribution >= 0.6 is 23.2 Å². The minimum absolute atomic E-state index is 0.222. The number of ether oxygens (including phenoxy) is 3. The van der Waals surface area contributed by atoms with Gasteiger partial charge in [-0.15, -0.1) is 0 Å². The Labute approximate surface area is 237 Å².